The highest BCUT2D eigenvalue weighted by Crippen LogP contribution is 2.22. The number of rotatable bonds is 4. The molecule has 0 bridgehead atoms. The van der Waals surface area contributed by atoms with Gasteiger partial charge in [-0.15, -0.1) is 0 Å². The number of anilines is 2. The zero-order valence-electron chi connectivity index (χ0n) is 11.1. The molecular weight excluding hydrogens is 243 g/mol. The number of halogens is 1. The van der Waals surface area contributed by atoms with Gasteiger partial charge in [0.1, 0.15) is 23.8 Å². The number of nitrogens with zero attached hydrogens (tertiary/aromatic N) is 3. The quantitative estimate of drug-likeness (QED) is 0.917. The van der Waals surface area contributed by atoms with E-state index in [1.165, 1.54) is 18.5 Å². The third kappa shape index (κ3) is 2.99. The average Bonchev–Trinajstić information content (AvgIpc) is 2.41. The molecule has 100 valence electrons. The maximum absolute atomic E-state index is 12.9. The van der Waals surface area contributed by atoms with E-state index in [0.717, 1.165) is 23.4 Å². The van der Waals surface area contributed by atoms with Gasteiger partial charge in [-0.2, -0.15) is 0 Å². The van der Waals surface area contributed by atoms with Gasteiger partial charge in [0, 0.05) is 19.2 Å². The van der Waals surface area contributed by atoms with E-state index in [-0.39, 0.29) is 5.82 Å². The number of nitrogen functional groups attached to an aromatic ring is 1. The van der Waals surface area contributed by atoms with Gasteiger partial charge in [-0.1, -0.05) is 19.1 Å². The summed E-state index contributed by atoms with van der Waals surface area (Å²) >= 11 is 0. The van der Waals surface area contributed by atoms with Crippen molar-refractivity contribution < 1.29 is 4.39 Å². The van der Waals surface area contributed by atoms with Crippen molar-refractivity contribution in [2.45, 2.75) is 19.9 Å². The van der Waals surface area contributed by atoms with Gasteiger partial charge in [0.2, 0.25) is 0 Å². The molecule has 0 aliphatic carbocycles. The third-order valence-electron chi connectivity index (χ3n) is 3.00. The molecule has 0 aliphatic rings. The summed E-state index contributed by atoms with van der Waals surface area (Å²) in [5.74, 6) is 1.10. The van der Waals surface area contributed by atoms with Crippen molar-refractivity contribution in [1.29, 1.82) is 0 Å². The maximum atomic E-state index is 12.9. The fourth-order valence-corrected chi connectivity index (χ4v) is 2.02. The molecular formula is C14H17FN4. The van der Waals surface area contributed by atoms with Crippen LogP contribution in [0.5, 0.6) is 0 Å². The summed E-state index contributed by atoms with van der Waals surface area (Å²) in [5.41, 5.74) is 7.81. The number of aromatic nitrogens is 2. The summed E-state index contributed by atoms with van der Waals surface area (Å²) in [6.45, 7) is 2.66. The minimum Gasteiger partial charge on any atom is -0.383 e. The average molecular weight is 260 g/mol. The summed E-state index contributed by atoms with van der Waals surface area (Å²) in [7, 11) is 1.93. The topological polar surface area (TPSA) is 55.0 Å². The van der Waals surface area contributed by atoms with Crippen molar-refractivity contribution in [1.82, 2.24) is 9.97 Å². The lowest BCUT2D eigenvalue weighted by atomic mass is 10.1. The summed E-state index contributed by atoms with van der Waals surface area (Å²) in [4.78, 5) is 10.3. The van der Waals surface area contributed by atoms with E-state index >= 15 is 0 Å². The van der Waals surface area contributed by atoms with Crippen molar-refractivity contribution in [3.8, 4) is 0 Å². The van der Waals surface area contributed by atoms with E-state index in [2.05, 4.69) is 9.97 Å². The Morgan fingerprint density at radius 2 is 1.89 bits per heavy atom. The Hall–Kier alpha value is -2.17. The second-order valence-corrected chi connectivity index (χ2v) is 4.40. The smallest absolute Gasteiger partial charge is 0.137 e. The van der Waals surface area contributed by atoms with E-state index in [4.69, 9.17) is 5.73 Å². The highest BCUT2D eigenvalue weighted by atomic mass is 19.1. The number of nitrogens with two attached hydrogens (primary N) is 1. The fraction of sp³-hybridized carbons (Fsp3) is 0.286. The van der Waals surface area contributed by atoms with Gasteiger partial charge in [0.05, 0.1) is 0 Å². The molecule has 0 unspecified atom stereocenters. The van der Waals surface area contributed by atoms with Crippen LogP contribution in [-0.4, -0.2) is 17.0 Å². The normalized spacial score (nSPS) is 10.5. The van der Waals surface area contributed by atoms with Gasteiger partial charge >= 0.3 is 0 Å². The Morgan fingerprint density at radius 1 is 1.21 bits per heavy atom. The molecule has 1 aromatic carbocycles. The van der Waals surface area contributed by atoms with Gasteiger partial charge < -0.3 is 10.6 Å². The van der Waals surface area contributed by atoms with Gasteiger partial charge in [-0.3, -0.25) is 0 Å². The SMILES string of the molecule is CCc1c(N)ncnc1N(C)Cc1ccc(F)cc1. The van der Waals surface area contributed by atoms with Crippen molar-refractivity contribution in [2.75, 3.05) is 17.7 Å². The Morgan fingerprint density at radius 3 is 2.53 bits per heavy atom. The predicted octanol–water partition coefficient (Wildman–Crippen LogP) is 2.40. The molecule has 2 rings (SSSR count). The Kier molecular flexibility index (Phi) is 3.94. The van der Waals surface area contributed by atoms with Crippen LogP contribution in [0.2, 0.25) is 0 Å². The van der Waals surface area contributed by atoms with Crippen molar-refractivity contribution in [3.63, 3.8) is 0 Å². The largest absolute Gasteiger partial charge is 0.383 e. The van der Waals surface area contributed by atoms with Crippen molar-refractivity contribution >= 4 is 11.6 Å². The minimum atomic E-state index is -0.230. The Balaban J connectivity index is 2.22. The predicted molar refractivity (Wildman–Crippen MR) is 74.3 cm³/mol. The monoisotopic (exact) mass is 260 g/mol. The summed E-state index contributed by atoms with van der Waals surface area (Å²) in [5, 5.41) is 0. The van der Waals surface area contributed by atoms with Crippen LogP contribution in [-0.2, 0) is 13.0 Å². The second-order valence-electron chi connectivity index (χ2n) is 4.40. The number of hydrogen-bond donors (Lipinski definition) is 1. The van der Waals surface area contributed by atoms with Gasteiger partial charge in [0.25, 0.3) is 0 Å². The molecule has 1 aromatic heterocycles. The molecule has 0 atom stereocenters. The molecule has 2 N–H and O–H groups in total. The van der Waals surface area contributed by atoms with Crippen LogP contribution in [0, 0.1) is 5.82 Å². The second kappa shape index (κ2) is 5.65. The van der Waals surface area contributed by atoms with Gasteiger partial charge in [-0.25, -0.2) is 14.4 Å². The molecule has 0 aliphatic heterocycles. The van der Waals surface area contributed by atoms with E-state index in [1.54, 1.807) is 12.1 Å². The van der Waals surface area contributed by atoms with Crippen LogP contribution in [0.4, 0.5) is 16.0 Å². The van der Waals surface area contributed by atoms with Crippen LogP contribution in [0.3, 0.4) is 0 Å². The lowest BCUT2D eigenvalue weighted by Crippen LogP contribution is -2.20. The van der Waals surface area contributed by atoms with E-state index in [1.807, 2.05) is 18.9 Å². The molecule has 5 heteroatoms. The van der Waals surface area contributed by atoms with E-state index in [9.17, 15) is 4.39 Å². The maximum Gasteiger partial charge on any atom is 0.137 e. The van der Waals surface area contributed by atoms with Crippen LogP contribution < -0.4 is 10.6 Å². The zero-order valence-corrected chi connectivity index (χ0v) is 11.1. The van der Waals surface area contributed by atoms with Crippen LogP contribution in [0.15, 0.2) is 30.6 Å². The molecule has 0 amide bonds. The molecule has 19 heavy (non-hydrogen) atoms. The highest BCUT2D eigenvalue weighted by Gasteiger charge is 2.11. The van der Waals surface area contributed by atoms with E-state index in [0.29, 0.717) is 12.4 Å². The molecule has 1 heterocycles. The third-order valence-corrected chi connectivity index (χ3v) is 3.00. The first-order valence-corrected chi connectivity index (χ1v) is 6.16. The van der Waals surface area contributed by atoms with Crippen molar-refractivity contribution in [3.05, 3.63) is 47.5 Å². The highest BCUT2D eigenvalue weighted by molar-refractivity contribution is 5.56. The molecule has 0 saturated carbocycles. The number of hydrogen-bond acceptors (Lipinski definition) is 4. The lowest BCUT2D eigenvalue weighted by molar-refractivity contribution is 0.627. The molecule has 4 nitrogen and oxygen atoms in total. The number of benzene rings is 1. The first-order valence-electron chi connectivity index (χ1n) is 6.16. The molecule has 0 spiro atoms. The molecule has 0 fully saturated rings. The standard InChI is InChI=1S/C14H17FN4/c1-3-12-13(16)17-9-18-14(12)19(2)8-10-4-6-11(15)7-5-10/h4-7,9H,3,8H2,1-2H3,(H2,16,17,18). The van der Waals surface area contributed by atoms with Gasteiger partial charge in [-0.05, 0) is 24.1 Å². The molecule has 0 saturated heterocycles. The molecule has 0 radical (unpaired) electrons. The Bertz CT molecular complexity index is 554. The fourth-order valence-electron chi connectivity index (χ4n) is 2.02. The first-order chi connectivity index (χ1) is 9.11. The van der Waals surface area contributed by atoms with Crippen LogP contribution >= 0.6 is 0 Å². The van der Waals surface area contributed by atoms with Crippen molar-refractivity contribution in [2.24, 2.45) is 0 Å². The summed E-state index contributed by atoms with van der Waals surface area (Å²) < 4.78 is 12.9. The molecule has 2 aromatic rings. The van der Waals surface area contributed by atoms with E-state index < -0.39 is 0 Å². The van der Waals surface area contributed by atoms with Gasteiger partial charge in [0.15, 0.2) is 0 Å². The van der Waals surface area contributed by atoms with Crippen LogP contribution in [0.1, 0.15) is 18.1 Å². The summed E-state index contributed by atoms with van der Waals surface area (Å²) in [6.07, 6.45) is 2.24. The Labute approximate surface area is 112 Å². The lowest BCUT2D eigenvalue weighted by Gasteiger charge is -2.21. The zero-order chi connectivity index (χ0) is 13.8. The van der Waals surface area contributed by atoms with Crippen LogP contribution in [0.25, 0.3) is 0 Å². The summed E-state index contributed by atoms with van der Waals surface area (Å²) in [6, 6.07) is 6.44. The minimum absolute atomic E-state index is 0.230. The first kappa shape index (κ1) is 13.3.